The first-order valence-electron chi connectivity index (χ1n) is 6.71. The lowest BCUT2D eigenvalue weighted by Gasteiger charge is -2.06. The number of pyridine rings is 1. The summed E-state index contributed by atoms with van der Waals surface area (Å²) >= 11 is 1.69. The van der Waals surface area contributed by atoms with Gasteiger partial charge in [-0.15, -0.1) is 11.8 Å². The Morgan fingerprint density at radius 2 is 2.05 bits per heavy atom. The maximum Gasteiger partial charge on any atom is 0.221 e. The number of nitrogens with zero attached hydrogens (tertiary/aromatic N) is 1. The predicted octanol–water partition coefficient (Wildman–Crippen LogP) is 2.89. The van der Waals surface area contributed by atoms with Crippen molar-refractivity contribution in [1.29, 1.82) is 0 Å². The van der Waals surface area contributed by atoms with Crippen LogP contribution in [0, 0.1) is 0 Å². The second-order valence-electron chi connectivity index (χ2n) is 4.40. The van der Waals surface area contributed by atoms with Crippen LogP contribution in [0.4, 0.5) is 0 Å². The van der Waals surface area contributed by atoms with E-state index in [0.717, 1.165) is 11.3 Å². The third-order valence-corrected chi connectivity index (χ3v) is 3.85. The second-order valence-corrected chi connectivity index (χ2v) is 5.57. The molecule has 1 N–H and O–H groups in total. The molecule has 0 saturated carbocycles. The lowest BCUT2D eigenvalue weighted by molar-refractivity contribution is -0.120. The topological polar surface area (TPSA) is 51.2 Å². The van der Waals surface area contributed by atoms with Gasteiger partial charge >= 0.3 is 0 Å². The largest absolute Gasteiger partial charge is 0.481 e. The van der Waals surface area contributed by atoms with Gasteiger partial charge in [-0.25, -0.2) is 4.98 Å². The molecule has 5 heteroatoms. The maximum absolute atomic E-state index is 11.8. The monoisotopic (exact) mass is 302 g/mol. The van der Waals surface area contributed by atoms with Crippen LogP contribution in [0.5, 0.6) is 5.88 Å². The first kappa shape index (κ1) is 15.4. The summed E-state index contributed by atoms with van der Waals surface area (Å²) in [5.41, 5.74) is 0.958. The van der Waals surface area contributed by atoms with Crippen LogP contribution in [0.15, 0.2) is 53.6 Å². The molecule has 0 aliphatic rings. The number of hydrogen-bond donors (Lipinski definition) is 1. The molecule has 0 aliphatic heterocycles. The Hall–Kier alpha value is -2.01. The third-order valence-electron chi connectivity index (χ3n) is 2.84. The number of thioether (sulfide) groups is 1. The summed E-state index contributed by atoms with van der Waals surface area (Å²) in [5.74, 6) is 1.40. The first-order valence-corrected chi connectivity index (χ1v) is 7.70. The van der Waals surface area contributed by atoms with Gasteiger partial charge in [0.15, 0.2) is 0 Å². The van der Waals surface area contributed by atoms with Crippen LogP contribution in [0.25, 0.3) is 0 Å². The van der Waals surface area contributed by atoms with E-state index < -0.39 is 0 Å². The van der Waals surface area contributed by atoms with Crippen molar-refractivity contribution in [2.24, 2.45) is 0 Å². The average molecular weight is 302 g/mol. The van der Waals surface area contributed by atoms with E-state index in [1.54, 1.807) is 31.1 Å². The van der Waals surface area contributed by atoms with Gasteiger partial charge in [0, 0.05) is 35.9 Å². The summed E-state index contributed by atoms with van der Waals surface area (Å²) in [6, 6.07) is 13.8. The van der Waals surface area contributed by atoms with Gasteiger partial charge in [-0.2, -0.15) is 0 Å². The fourth-order valence-corrected chi connectivity index (χ4v) is 2.58. The summed E-state index contributed by atoms with van der Waals surface area (Å²) in [4.78, 5) is 17.0. The molecule has 0 unspecified atom stereocenters. The van der Waals surface area contributed by atoms with Crippen molar-refractivity contribution in [3.8, 4) is 5.88 Å². The van der Waals surface area contributed by atoms with Gasteiger partial charge in [0.25, 0.3) is 0 Å². The summed E-state index contributed by atoms with van der Waals surface area (Å²) in [7, 11) is 1.58. The van der Waals surface area contributed by atoms with Gasteiger partial charge in [0.05, 0.1) is 7.11 Å². The number of hydrogen-bond acceptors (Lipinski definition) is 4. The van der Waals surface area contributed by atoms with E-state index in [2.05, 4.69) is 10.3 Å². The molecule has 0 fully saturated rings. The average Bonchev–Trinajstić information content (AvgIpc) is 2.54. The molecule has 2 rings (SSSR count). The minimum atomic E-state index is 0.0502. The molecule has 110 valence electrons. The fourth-order valence-electron chi connectivity index (χ4n) is 1.70. The number of benzene rings is 1. The van der Waals surface area contributed by atoms with Crippen LogP contribution < -0.4 is 10.1 Å². The van der Waals surface area contributed by atoms with Crippen LogP contribution in [0.1, 0.15) is 12.0 Å². The highest BCUT2D eigenvalue weighted by Crippen LogP contribution is 2.17. The zero-order chi connectivity index (χ0) is 14.9. The van der Waals surface area contributed by atoms with Crippen LogP contribution in [-0.4, -0.2) is 23.8 Å². The smallest absolute Gasteiger partial charge is 0.221 e. The Balaban J connectivity index is 1.67. The van der Waals surface area contributed by atoms with Crippen LogP contribution in [-0.2, 0) is 11.3 Å². The number of aromatic nitrogens is 1. The zero-order valence-electron chi connectivity index (χ0n) is 11.9. The fraction of sp³-hybridized carbons (Fsp3) is 0.250. The molecule has 0 bridgehead atoms. The minimum absolute atomic E-state index is 0.0502. The van der Waals surface area contributed by atoms with E-state index in [4.69, 9.17) is 4.74 Å². The number of ether oxygens (including phenoxy) is 1. The second kappa shape index (κ2) is 8.32. The van der Waals surface area contributed by atoms with Crippen LogP contribution in [0.2, 0.25) is 0 Å². The van der Waals surface area contributed by atoms with Gasteiger partial charge in [0.1, 0.15) is 0 Å². The van der Waals surface area contributed by atoms with Crippen molar-refractivity contribution < 1.29 is 9.53 Å². The zero-order valence-corrected chi connectivity index (χ0v) is 12.7. The van der Waals surface area contributed by atoms with Gasteiger partial charge < -0.3 is 10.1 Å². The molecule has 1 aromatic heterocycles. The molecule has 0 atom stereocenters. The Labute approximate surface area is 128 Å². The summed E-state index contributed by atoms with van der Waals surface area (Å²) in [5, 5.41) is 2.89. The van der Waals surface area contributed by atoms with E-state index in [-0.39, 0.29) is 5.91 Å². The molecule has 21 heavy (non-hydrogen) atoms. The number of rotatable bonds is 7. The van der Waals surface area contributed by atoms with Crippen molar-refractivity contribution in [1.82, 2.24) is 10.3 Å². The van der Waals surface area contributed by atoms with Gasteiger partial charge in [-0.1, -0.05) is 24.3 Å². The van der Waals surface area contributed by atoms with Crippen LogP contribution in [0.3, 0.4) is 0 Å². The normalized spacial score (nSPS) is 10.1. The van der Waals surface area contributed by atoms with E-state index in [0.29, 0.717) is 18.8 Å². The summed E-state index contributed by atoms with van der Waals surface area (Å²) in [6.07, 6.45) is 2.21. The summed E-state index contributed by atoms with van der Waals surface area (Å²) in [6.45, 7) is 0.492. The molecule has 0 radical (unpaired) electrons. The van der Waals surface area contributed by atoms with E-state index in [1.807, 2.05) is 36.4 Å². The van der Waals surface area contributed by atoms with Gasteiger partial charge in [0.2, 0.25) is 11.8 Å². The molecule has 2 aromatic rings. The molecule has 4 nitrogen and oxygen atoms in total. The molecule has 0 saturated heterocycles. The molecule has 0 aliphatic carbocycles. The Kier molecular flexibility index (Phi) is 6.09. The highest BCUT2D eigenvalue weighted by Gasteiger charge is 2.03. The number of methoxy groups -OCH3 is 1. The molecule has 1 heterocycles. The van der Waals surface area contributed by atoms with Gasteiger partial charge in [-0.05, 0) is 17.7 Å². The van der Waals surface area contributed by atoms with Crippen molar-refractivity contribution in [3.63, 3.8) is 0 Å². The highest BCUT2D eigenvalue weighted by molar-refractivity contribution is 7.99. The number of carbonyl (C=O) groups is 1. The number of nitrogens with one attached hydrogen (secondary N) is 1. The van der Waals surface area contributed by atoms with Crippen molar-refractivity contribution >= 4 is 17.7 Å². The predicted molar refractivity (Wildman–Crippen MR) is 84.4 cm³/mol. The minimum Gasteiger partial charge on any atom is -0.481 e. The van der Waals surface area contributed by atoms with E-state index in [1.165, 1.54) is 4.90 Å². The Bertz CT molecular complexity index is 558. The first-order chi connectivity index (χ1) is 10.3. The quantitative estimate of drug-likeness (QED) is 0.799. The van der Waals surface area contributed by atoms with E-state index >= 15 is 0 Å². The molecular formula is C16H18N2O2S. The molecule has 1 amide bonds. The molecule has 0 spiro atoms. The summed E-state index contributed by atoms with van der Waals surface area (Å²) < 4.78 is 4.99. The Morgan fingerprint density at radius 3 is 2.71 bits per heavy atom. The van der Waals surface area contributed by atoms with Crippen molar-refractivity contribution in [2.75, 3.05) is 12.9 Å². The van der Waals surface area contributed by atoms with Crippen molar-refractivity contribution in [2.45, 2.75) is 17.9 Å². The van der Waals surface area contributed by atoms with Crippen LogP contribution >= 0.6 is 11.8 Å². The SMILES string of the molecule is COc1ccc(CNC(=O)CCSc2ccccc2)cn1. The lowest BCUT2D eigenvalue weighted by Crippen LogP contribution is -2.23. The maximum atomic E-state index is 11.8. The third kappa shape index (κ3) is 5.47. The standard InChI is InChI=1S/C16H18N2O2S/c1-20-16-8-7-13(12-18-16)11-17-15(19)9-10-21-14-5-3-2-4-6-14/h2-8,12H,9-11H2,1H3,(H,17,19). The number of carbonyl (C=O) groups excluding carboxylic acids is 1. The Morgan fingerprint density at radius 1 is 1.24 bits per heavy atom. The highest BCUT2D eigenvalue weighted by atomic mass is 32.2. The molecular weight excluding hydrogens is 284 g/mol. The lowest BCUT2D eigenvalue weighted by atomic mass is 10.3. The number of amides is 1. The van der Waals surface area contributed by atoms with Crippen molar-refractivity contribution in [3.05, 3.63) is 54.2 Å². The molecule has 1 aromatic carbocycles. The van der Waals surface area contributed by atoms with E-state index in [9.17, 15) is 4.79 Å². The van der Waals surface area contributed by atoms with Gasteiger partial charge in [-0.3, -0.25) is 4.79 Å².